The van der Waals surface area contributed by atoms with Gasteiger partial charge < -0.3 is 14.4 Å². The second-order valence-corrected chi connectivity index (χ2v) is 4.64. The molecule has 1 aromatic heterocycles. The summed E-state index contributed by atoms with van der Waals surface area (Å²) in [5, 5.41) is 10.8. The lowest BCUT2D eigenvalue weighted by molar-refractivity contribution is 0.124. The highest BCUT2D eigenvalue weighted by Gasteiger charge is 2.15. The molecule has 19 heavy (non-hydrogen) atoms. The first-order chi connectivity index (χ1) is 9.15. The van der Waals surface area contributed by atoms with Crippen molar-refractivity contribution in [1.82, 2.24) is 4.90 Å². The molecule has 0 saturated carbocycles. The Labute approximate surface area is 112 Å². The van der Waals surface area contributed by atoms with Crippen LogP contribution in [0.3, 0.4) is 0 Å². The fraction of sp³-hybridized carbons (Fsp3) is 0.467. The summed E-state index contributed by atoms with van der Waals surface area (Å²) in [7, 11) is 0. The van der Waals surface area contributed by atoms with Crippen LogP contribution in [0.1, 0.15) is 32.1 Å². The fourth-order valence-electron chi connectivity index (χ4n) is 2.20. The molecule has 0 fully saturated rings. The number of hydrogen-bond acceptors (Lipinski definition) is 3. The number of rotatable bonds is 6. The standard InChI is InChI=1S/C15H20FNO2/c1-3-17(4-2)9-8-13(18)14-10-11-6-5-7-12(16)15(11)19-14/h5-7,10,13,18H,3-4,8-9H2,1-2H3. The third-order valence-corrected chi connectivity index (χ3v) is 3.46. The van der Waals surface area contributed by atoms with Crippen molar-refractivity contribution in [2.45, 2.75) is 26.4 Å². The molecule has 104 valence electrons. The SMILES string of the molecule is CCN(CC)CCC(O)c1cc2cccc(F)c2o1. The zero-order chi connectivity index (χ0) is 13.8. The molecule has 4 heteroatoms. The summed E-state index contributed by atoms with van der Waals surface area (Å²) < 4.78 is 18.9. The van der Waals surface area contributed by atoms with Gasteiger partial charge in [-0.1, -0.05) is 26.0 Å². The van der Waals surface area contributed by atoms with Gasteiger partial charge in [-0.3, -0.25) is 0 Å². The molecule has 0 spiro atoms. The quantitative estimate of drug-likeness (QED) is 0.870. The smallest absolute Gasteiger partial charge is 0.170 e. The van der Waals surface area contributed by atoms with Crippen molar-refractivity contribution in [2.75, 3.05) is 19.6 Å². The van der Waals surface area contributed by atoms with E-state index in [1.54, 1.807) is 18.2 Å². The van der Waals surface area contributed by atoms with Crippen molar-refractivity contribution in [3.8, 4) is 0 Å². The largest absolute Gasteiger partial charge is 0.455 e. The predicted octanol–water partition coefficient (Wildman–Crippen LogP) is 3.34. The zero-order valence-electron chi connectivity index (χ0n) is 11.4. The summed E-state index contributed by atoms with van der Waals surface area (Å²) in [5.74, 6) is 0.0481. The topological polar surface area (TPSA) is 36.6 Å². The Bertz CT molecular complexity index is 534. The maximum atomic E-state index is 13.5. The molecule has 0 bridgehead atoms. The molecule has 0 aliphatic rings. The van der Waals surface area contributed by atoms with E-state index in [9.17, 15) is 9.50 Å². The monoisotopic (exact) mass is 265 g/mol. The maximum absolute atomic E-state index is 13.5. The molecular formula is C15H20FNO2. The Balaban J connectivity index is 2.09. The molecular weight excluding hydrogens is 245 g/mol. The van der Waals surface area contributed by atoms with Crippen LogP contribution in [-0.2, 0) is 0 Å². The van der Waals surface area contributed by atoms with Gasteiger partial charge in [-0.15, -0.1) is 0 Å². The molecule has 0 amide bonds. The van der Waals surface area contributed by atoms with Gasteiger partial charge in [0.05, 0.1) is 0 Å². The van der Waals surface area contributed by atoms with E-state index in [0.29, 0.717) is 17.6 Å². The van der Waals surface area contributed by atoms with E-state index in [2.05, 4.69) is 18.7 Å². The minimum atomic E-state index is -0.688. The Morgan fingerprint density at radius 3 is 2.68 bits per heavy atom. The molecule has 2 rings (SSSR count). The lowest BCUT2D eigenvalue weighted by Crippen LogP contribution is -2.25. The summed E-state index contributed by atoms with van der Waals surface area (Å²) in [6, 6.07) is 6.49. The van der Waals surface area contributed by atoms with E-state index in [0.717, 1.165) is 19.6 Å². The first kappa shape index (κ1) is 14.0. The average Bonchev–Trinajstić information content (AvgIpc) is 2.85. The van der Waals surface area contributed by atoms with Gasteiger partial charge in [-0.25, -0.2) is 4.39 Å². The number of fused-ring (bicyclic) bond motifs is 1. The average molecular weight is 265 g/mol. The summed E-state index contributed by atoms with van der Waals surface area (Å²) in [6.07, 6.45) is -0.101. The third-order valence-electron chi connectivity index (χ3n) is 3.46. The minimum absolute atomic E-state index is 0.222. The second-order valence-electron chi connectivity index (χ2n) is 4.64. The van der Waals surface area contributed by atoms with Crippen molar-refractivity contribution in [3.05, 3.63) is 35.8 Å². The van der Waals surface area contributed by atoms with Crippen molar-refractivity contribution in [3.63, 3.8) is 0 Å². The molecule has 0 aliphatic carbocycles. The Morgan fingerprint density at radius 2 is 2.05 bits per heavy atom. The van der Waals surface area contributed by atoms with Crippen LogP contribution < -0.4 is 0 Å². The van der Waals surface area contributed by atoms with Crippen molar-refractivity contribution in [2.24, 2.45) is 0 Å². The number of nitrogens with zero attached hydrogens (tertiary/aromatic N) is 1. The molecule has 1 N–H and O–H groups in total. The normalized spacial score (nSPS) is 13.3. The molecule has 1 unspecified atom stereocenters. The number of halogens is 1. The number of furan rings is 1. The summed E-state index contributed by atoms with van der Waals surface area (Å²) in [6.45, 7) is 6.89. The Kier molecular flexibility index (Phi) is 4.56. The number of aliphatic hydroxyl groups is 1. The van der Waals surface area contributed by atoms with Crippen LogP contribution in [-0.4, -0.2) is 29.6 Å². The molecule has 0 aliphatic heterocycles. The molecule has 3 nitrogen and oxygen atoms in total. The van der Waals surface area contributed by atoms with Gasteiger partial charge in [0.25, 0.3) is 0 Å². The number of para-hydroxylation sites is 1. The van der Waals surface area contributed by atoms with Gasteiger partial charge >= 0.3 is 0 Å². The highest BCUT2D eigenvalue weighted by atomic mass is 19.1. The highest BCUT2D eigenvalue weighted by molar-refractivity contribution is 5.78. The fourth-order valence-corrected chi connectivity index (χ4v) is 2.20. The predicted molar refractivity (Wildman–Crippen MR) is 73.5 cm³/mol. The summed E-state index contributed by atoms with van der Waals surface area (Å²) in [4.78, 5) is 2.23. The van der Waals surface area contributed by atoms with E-state index < -0.39 is 6.10 Å². The van der Waals surface area contributed by atoms with Gasteiger partial charge in [0.15, 0.2) is 11.4 Å². The lowest BCUT2D eigenvalue weighted by atomic mass is 10.1. The Hall–Kier alpha value is -1.39. The van der Waals surface area contributed by atoms with Gasteiger partial charge in [0, 0.05) is 11.9 Å². The van der Waals surface area contributed by atoms with Crippen LogP contribution in [0.5, 0.6) is 0 Å². The first-order valence-electron chi connectivity index (χ1n) is 6.74. The second kappa shape index (κ2) is 6.17. The maximum Gasteiger partial charge on any atom is 0.170 e. The third kappa shape index (κ3) is 3.14. The molecule has 0 radical (unpaired) electrons. The van der Waals surface area contributed by atoms with Gasteiger partial charge in [-0.2, -0.15) is 0 Å². The summed E-state index contributed by atoms with van der Waals surface area (Å²) >= 11 is 0. The molecule has 1 atom stereocenters. The van der Waals surface area contributed by atoms with E-state index in [-0.39, 0.29) is 11.4 Å². The van der Waals surface area contributed by atoms with Gasteiger partial charge in [0.2, 0.25) is 0 Å². The molecule has 2 aromatic rings. The molecule has 1 aromatic carbocycles. The number of aliphatic hydroxyl groups excluding tert-OH is 1. The van der Waals surface area contributed by atoms with Crippen LogP contribution in [0.25, 0.3) is 11.0 Å². The van der Waals surface area contributed by atoms with Crippen LogP contribution >= 0.6 is 0 Å². The number of benzene rings is 1. The van der Waals surface area contributed by atoms with Crippen LogP contribution in [0.4, 0.5) is 4.39 Å². The lowest BCUT2D eigenvalue weighted by Gasteiger charge is -2.19. The Morgan fingerprint density at radius 1 is 1.32 bits per heavy atom. The van der Waals surface area contributed by atoms with Crippen molar-refractivity contribution >= 4 is 11.0 Å². The summed E-state index contributed by atoms with van der Waals surface area (Å²) in [5.41, 5.74) is 0.222. The molecule has 1 heterocycles. The van der Waals surface area contributed by atoms with E-state index in [1.807, 2.05) is 0 Å². The van der Waals surface area contributed by atoms with Gasteiger partial charge in [-0.05, 0) is 31.6 Å². The first-order valence-corrected chi connectivity index (χ1v) is 6.74. The number of hydrogen-bond donors (Lipinski definition) is 1. The van der Waals surface area contributed by atoms with Gasteiger partial charge in [0.1, 0.15) is 11.9 Å². The van der Waals surface area contributed by atoms with E-state index in [4.69, 9.17) is 4.42 Å². The van der Waals surface area contributed by atoms with Crippen LogP contribution in [0, 0.1) is 5.82 Å². The van der Waals surface area contributed by atoms with Crippen molar-refractivity contribution < 1.29 is 13.9 Å². The van der Waals surface area contributed by atoms with E-state index >= 15 is 0 Å². The van der Waals surface area contributed by atoms with Crippen molar-refractivity contribution in [1.29, 1.82) is 0 Å². The minimum Gasteiger partial charge on any atom is -0.455 e. The zero-order valence-corrected chi connectivity index (χ0v) is 11.4. The highest BCUT2D eigenvalue weighted by Crippen LogP contribution is 2.27. The van der Waals surface area contributed by atoms with Crippen LogP contribution in [0.15, 0.2) is 28.7 Å². The van der Waals surface area contributed by atoms with E-state index in [1.165, 1.54) is 6.07 Å². The van der Waals surface area contributed by atoms with Crippen LogP contribution in [0.2, 0.25) is 0 Å². The molecule has 0 saturated heterocycles.